The molecule has 0 amide bonds. The molecule has 0 unspecified atom stereocenters. The number of ether oxygens (including phenoxy) is 2. The topological polar surface area (TPSA) is 95.0 Å². The fourth-order valence-electron chi connectivity index (χ4n) is 4.05. The van der Waals surface area contributed by atoms with Gasteiger partial charge in [-0.05, 0) is 24.6 Å². The van der Waals surface area contributed by atoms with E-state index in [0.29, 0.717) is 55.7 Å². The molecule has 1 fully saturated rings. The van der Waals surface area contributed by atoms with Gasteiger partial charge in [0.15, 0.2) is 11.4 Å². The van der Waals surface area contributed by atoms with Crippen molar-refractivity contribution in [3.8, 4) is 17.3 Å². The molecule has 0 saturated heterocycles. The summed E-state index contributed by atoms with van der Waals surface area (Å²) in [6.45, 7) is 1.81. The molecule has 0 aliphatic heterocycles. The number of likely N-dealkylation sites (N-methyl/N-ethyl adjacent to an activating group) is 1. The van der Waals surface area contributed by atoms with Crippen molar-refractivity contribution < 1.29 is 18.7 Å². The lowest BCUT2D eigenvalue weighted by atomic mass is 10.1. The maximum absolute atomic E-state index is 11.5. The molecule has 9 nitrogen and oxygen atoms in total. The van der Waals surface area contributed by atoms with Crippen LogP contribution in [0.3, 0.4) is 0 Å². The summed E-state index contributed by atoms with van der Waals surface area (Å²) < 4.78 is 18.9. The van der Waals surface area contributed by atoms with Gasteiger partial charge in [0.1, 0.15) is 22.9 Å². The number of rotatable bonds is 8. The quantitative estimate of drug-likeness (QED) is 0.416. The highest BCUT2D eigenvalue weighted by Crippen LogP contribution is 2.32. The number of fused-ring (bicyclic) bond motifs is 2. The van der Waals surface area contributed by atoms with Gasteiger partial charge < -0.3 is 18.8 Å². The number of hydrogen-bond acceptors (Lipinski definition) is 8. The molecule has 0 N–H and O–H groups in total. The molecule has 9 heteroatoms. The van der Waals surface area contributed by atoms with Crippen LogP contribution in [0, 0.1) is 5.92 Å². The first-order chi connectivity index (χ1) is 15.6. The Hall–Kier alpha value is -3.46. The second-order valence-corrected chi connectivity index (χ2v) is 8.11. The summed E-state index contributed by atoms with van der Waals surface area (Å²) in [4.78, 5) is 22.5. The van der Waals surface area contributed by atoms with Crippen molar-refractivity contribution in [3.63, 3.8) is 0 Å². The van der Waals surface area contributed by atoms with Crippen LogP contribution in [0.25, 0.3) is 28.1 Å². The van der Waals surface area contributed by atoms with Crippen LogP contribution in [-0.4, -0.2) is 59.3 Å². The van der Waals surface area contributed by atoms with Gasteiger partial charge in [-0.3, -0.25) is 4.79 Å². The minimum absolute atomic E-state index is 0.263. The van der Waals surface area contributed by atoms with E-state index in [1.165, 1.54) is 0 Å². The molecular weight excluding hydrogens is 410 g/mol. The molecule has 166 valence electrons. The summed E-state index contributed by atoms with van der Waals surface area (Å²) in [6, 6.07) is 7.47. The van der Waals surface area contributed by atoms with E-state index in [4.69, 9.17) is 13.9 Å². The molecule has 4 heterocycles. The number of nitrogens with zero attached hydrogens (tertiary/aromatic N) is 5. The number of anilines is 1. The average molecular weight is 435 g/mol. The molecular formula is C23H25N5O4. The van der Waals surface area contributed by atoms with Crippen LogP contribution in [0.4, 0.5) is 5.82 Å². The van der Waals surface area contributed by atoms with Gasteiger partial charge in [-0.1, -0.05) is 0 Å². The minimum Gasteiger partial charge on any atom is -0.476 e. The molecule has 1 aliphatic rings. The summed E-state index contributed by atoms with van der Waals surface area (Å²) in [5.74, 6) is 2.54. The first-order valence-electron chi connectivity index (χ1n) is 10.7. The lowest BCUT2D eigenvalue weighted by Gasteiger charge is -2.17. The van der Waals surface area contributed by atoms with E-state index in [2.05, 4.69) is 15.1 Å². The predicted molar refractivity (Wildman–Crippen MR) is 119 cm³/mol. The highest BCUT2D eigenvalue weighted by molar-refractivity contribution is 5.91. The third-order valence-electron chi connectivity index (χ3n) is 5.82. The van der Waals surface area contributed by atoms with Crippen molar-refractivity contribution in [1.29, 1.82) is 0 Å². The van der Waals surface area contributed by atoms with E-state index in [0.717, 1.165) is 28.9 Å². The molecule has 5 rings (SSSR count). The Morgan fingerprint density at radius 3 is 3.00 bits per heavy atom. The molecule has 0 aromatic carbocycles. The Morgan fingerprint density at radius 2 is 2.19 bits per heavy atom. The second-order valence-electron chi connectivity index (χ2n) is 8.11. The zero-order valence-corrected chi connectivity index (χ0v) is 18.2. The maximum Gasteiger partial charge on any atom is 0.231 e. The molecule has 1 saturated carbocycles. The summed E-state index contributed by atoms with van der Waals surface area (Å²) in [7, 11) is 3.66. The average Bonchev–Trinajstić information content (AvgIpc) is 3.52. The number of ketones is 1. The summed E-state index contributed by atoms with van der Waals surface area (Å²) in [5, 5.41) is 5.52. The van der Waals surface area contributed by atoms with E-state index in [1.54, 1.807) is 30.1 Å². The lowest BCUT2D eigenvalue weighted by molar-refractivity contribution is -0.117. The van der Waals surface area contributed by atoms with Gasteiger partial charge in [0.25, 0.3) is 0 Å². The molecule has 0 radical (unpaired) electrons. The van der Waals surface area contributed by atoms with E-state index in [-0.39, 0.29) is 5.92 Å². The van der Waals surface area contributed by atoms with Crippen molar-refractivity contribution >= 4 is 28.2 Å². The predicted octanol–water partition coefficient (Wildman–Crippen LogP) is 3.37. The summed E-state index contributed by atoms with van der Waals surface area (Å²) in [6.07, 6.45) is 5.59. The van der Waals surface area contributed by atoms with Crippen LogP contribution in [0.2, 0.25) is 0 Å². The van der Waals surface area contributed by atoms with Crippen LogP contribution in [0.15, 0.2) is 41.1 Å². The van der Waals surface area contributed by atoms with E-state index >= 15 is 0 Å². The number of aromatic nitrogens is 4. The fraction of sp³-hybridized carbons (Fsp3) is 0.391. The number of imidazole rings is 1. The number of hydrogen-bond donors (Lipinski definition) is 0. The number of Topliss-reactive ketones (excluding diaryl/α,β-unsaturated/α-hetero) is 1. The molecule has 4 aromatic heterocycles. The molecule has 1 aliphatic carbocycles. The monoisotopic (exact) mass is 435 g/mol. The Morgan fingerprint density at radius 1 is 1.28 bits per heavy atom. The van der Waals surface area contributed by atoms with Gasteiger partial charge in [-0.15, -0.1) is 5.10 Å². The van der Waals surface area contributed by atoms with Crippen LogP contribution in [-0.2, 0) is 9.53 Å². The standard InChI is InChI=1S/C23H25N5O4/c1-27(9-10-30-2)23-17-12-20(32-19(17)7-8-24-23)18-13-25-21-5-6-22(26-28(18)21)31-14-15-3-4-16(29)11-15/h5-8,12-13,15H,3-4,9-11,14H2,1-2H3/t15-/m0/s1. The maximum atomic E-state index is 11.5. The van der Waals surface area contributed by atoms with Gasteiger partial charge in [-0.2, -0.15) is 0 Å². The number of carbonyl (C=O) groups is 1. The highest BCUT2D eigenvalue weighted by Gasteiger charge is 2.23. The third kappa shape index (κ3) is 3.91. The zero-order chi connectivity index (χ0) is 22.1. The van der Waals surface area contributed by atoms with Gasteiger partial charge in [0.05, 0.1) is 24.8 Å². The smallest absolute Gasteiger partial charge is 0.231 e. The Bertz CT molecular complexity index is 1260. The zero-order valence-electron chi connectivity index (χ0n) is 18.2. The van der Waals surface area contributed by atoms with Crippen molar-refractivity contribution in [2.45, 2.75) is 19.3 Å². The summed E-state index contributed by atoms with van der Waals surface area (Å²) in [5.41, 5.74) is 2.16. The fourth-order valence-corrected chi connectivity index (χ4v) is 4.05. The van der Waals surface area contributed by atoms with E-state index in [1.807, 2.05) is 30.1 Å². The number of carbonyl (C=O) groups excluding carboxylic acids is 1. The Balaban J connectivity index is 1.44. The van der Waals surface area contributed by atoms with Crippen LogP contribution in [0.5, 0.6) is 5.88 Å². The normalized spacial score (nSPS) is 16.3. The van der Waals surface area contributed by atoms with Gasteiger partial charge >= 0.3 is 0 Å². The number of furan rings is 1. The van der Waals surface area contributed by atoms with Gasteiger partial charge in [0.2, 0.25) is 5.88 Å². The Labute approximate surface area is 185 Å². The Kier molecular flexibility index (Phi) is 5.48. The summed E-state index contributed by atoms with van der Waals surface area (Å²) >= 11 is 0. The molecule has 1 atom stereocenters. The molecule has 4 aromatic rings. The van der Waals surface area contributed by atoms with E-state index < -0.39 is 0 Å². The minimum atomic E-state index is 0.263. The largest absolute Gasteiger partial charge is 0.476 e. The van der Waals surface area contributed by atoms with Gasteiger partial charge in [-0.25, -0.2) is 14.5 Å². The SMILES string of the molecule is COCCN(C)c1nccc2oc(-c3cnc4ccc(OC[C@H]5CCC(=O)C5)nn34)cc12. The first kappa shape index (κ1) is 20.4. The second kappa shape index (κ2) is 8.58. The molecule has 0 bridgehead atoms. The van der Waals surface area contributed by atoms with Crippen molar-refractivity contribution in [1.82, 2.24) is 19.6 Å². The third-order valence-corrected chi connectivity index (χ3v) is 5.82. The molecule has 32 heavy (non-hydrogen) atoms. The molecule has 0 spiro atoms. The van der Waals surface area contributed by atoms with Crippen LogP contribution >= 0.6 is 0 Å². The highest BCUT2D eigenvalue weighted by atomic mass is 16.5. The lowest BCUT2D eigenvalue weighted by Crippen LogP contribution is -2.23. The van der Waals surface area contributed by atoms with Crippen molar-refractivity contribution in [3.05, 3.63) is 36.7 Å². The van der Waals surface area contributed by atoms with Crippen LogP contribution in [0.1, 0.15) is 19.3 Å². The number of pyridine rings is 1. The van der Waals surface area contributed by atoms with Gasteiger partial charge in [0, 0.05) is 51.7 Å². The van der Waals surface area contributed by atoms with Crippen LogP contribution < -0.4 is 9.64 Å². The number of methoxy groups -OCH3 is 1. The van der Waals surface area contributed by atoms with Crippen molar-refractivity contribution in [2.24, 2.45) is 5.92 Å². The van der Waals surface area contributed by atoms with Crippen molar-refractivity contribution in [2.75, 3.05) is 38.8 Å². The first-order valence-corrected chi connectivity index (χ1v) is 10.7. The van der Waals surface area contributed by atoms with E-state index in [9.17, 15) is 4.79 Å².